The molecule has 0 aliphatic carbocycles. The molecule has 0 unspecified atom stereocenters. The minimum atomic E-state index is 0. The molecule has 0 saturated heterocycles. The second-order valence-electron chi connectivity index (χ2n) is 4.50. The van der Waals surface area contributed by atoms with E-state index in [9.17, 15) is 0 Å². The predicted octanol–water partition coefficient (Wildman–Crippen LogP) is 4.47. The first-order chi connectivity index (χ1) is 5.52. The molecule has 0 nitrogen and oxygen atoms in total. The highest BCUT2D eigenvalue weighted by molar-refractivity contribution is 5.20. The molecule has 1 rings (SSSR count). The van der Waals surface area contributed by atoms with Gasteiger partial charge in [0.1, 0.15) is 0 Å². The van der Waals surface area contributed by atoms with Crippen molar-refractivity contribution in [3.8, 4) is 0 Å². The van der Waals surface area contributed by atoms with Crippen molar-refractivity contribution in [2.24, 2.45) is 5.41 Å². The molecular weight excluding hydrogens is 156 g/mol. The smallest absolute Gasteiger partial charge is 0.0142 e. The molecule has 1 aromatic carbocycles. The van der Waals surface area contributed by atoms with Gasteiger partial charge in [-0.15, -0.1) is 0 Å². The quantitative estimate of drug-likeness (QED) is 0.595. The van der Waals surface area contributed by atoms with E-state index in [4.69, 9.17) is 0 Å². The summed E-state index contributed by atoms with van der Waals surface area (Å²) in [7, 11) is 0. The summed E-state index contributed by atoms with van der Waals surface area (Å²) in [5, 5.41) is 0. The van der Waals surface area contributed by atoms with Gasteiger partial charge in [-0.3, -0.25) is 0 Å². The van der Waals surface area contributed by atoms with Gasteiger partial charge in [0, 0.05) is 0 Å². The predicted molar refractivity (Wildman–Crippen MR) is 61.0 cm³/mol. The fourth-order valence-corrected chi connectivity index (χ4v) is 1.24. The summed E-state index contributed by atoms with van der Waals surface area (Å²) in [6.45, 7) is 9.13. The summed E-state index contributed by atoms with van der Waals surface area (Å²) in [5.74, 6) is 0.624. The highest BCUT2D eigenvalue weighted by Crippen LogP contribution is 2.33. The molecule has 0 heteroatoms. The van der Waals surface area contributed by atoms with Gasteiger partial charge in [0.2, 0.25) is 0 Å². The third kappa shape index (κ3) is 3.22. The average Bonchev–Trinajstić information content (AvgIpc) is 2.03. The van der Waals surface area contributed by atoms with Gasteiger partial charge in [-0.05, 0) is 16.9 Å². The molecule has 0 N–H and O–H groups in total. The lowest BCUT2D eigenvalue weighted by Gasteiger charge is -2.27. The van der Waals surface area contributed by atoms with Crippen LogP contribution in [0.2, 0.25) is 0 Å². The zero-order valence-electron chi connectivity index (χ0n) is 8.46. The Labute approximate surface area is 83.0 Å². The van der Waals surface area contributed by atoms with E-state index in [0.717, 1.165) is 0 Å². The van der Waals surface area contributed by atoms with Gasteiger partial charge in [-0.1, -0.05) is 65.5 Å². The molecule has 0 amide bonds. The third-order valence-electron chi connectivity index (χ3n) is 2.60. The van der Waals surface area contributed by atoms with Crippen LogP contribution in [0, 0.1) is 5.41 Å². The number of benzene rings is 1. The maximum absolute atomic E-state index is 2.29. The molecular formula is C13H22. The Hall–Kier alpha value is -0.780. The molecule has 0 saturated carbocycles. The largest absolute Gasteiger partial charge is 0.0776 e. The van der Waals surface area contributed by atoms with Gasteiger partial charge in [0.15, 0.2) is 0 Å². The van der Waals surface area contributed by atoms with E-state index in [1.165, 1.54) is 5.56 Å². The summed E-state index contributed by atoms with van der Waals surface area (Å²) in [6, 6.07) is 10.7. The van der Waals surface area contributed by atoms with Crippen molar-refractivity contribution in [3.63, 3.8) is 0 Å². The van der Waals surface area contributed by atoms with Crippen LogP contribution in [-0.4, -0.2) is 0 Å². The van der Waals surface area contributed by atoms with Gasteiger partial charge in [-0.2, -0.15) is 0 Å². The zero-order valence-corrected chi connectivity index (χ0v) is 8.46. The van der Waals surface area contributed by atoms with Gasteiger partial charge < -0.3 is 0 Å². The summed E-state index contributed by atoms with van der Waals surface area (Å²) < 4.78 is 0. The minimum Gasteiger partial charge on any atom is -0.0776 e. The average molecular weight is 178 g/mol. The first-order valence-electron chi connectivity index (χ1n) is 4.57. The van der Waals surface area contributed by atoms with Crippen LogP contribution < -0.4 is 0 Å². The summed E-state index contributed by atoms with van der Waals surface area (Å²) in [6.07, 6.45) is 0. The van der Waals surface area contributed by atoms with Crippen molar-refractivity contribution < 1.29 is 0 Å². The van der Waals surface area contributed by atoms with E-state index in [-0.39, 0.29) is 7.43 Å². The fourth-order valence-electron chi connectivity index (χ4n) is 1.24. The van der Waals surface area contributed by atoms with Crippen molar-refractivity contribution in [2.75, 3.05) is 0 Å². The SMILES string of the molecule is C.C[C@@H](c1ccccc1)C(C)(C)C. The maximum Gasteiger partial charge on any atom is -0.0142 e. The first kappa shape index (κ1) is 12.2. The monoisotopic (exact) mass is 178 g/mol. The van der Waals surface area contributed by atoms with Crippen LogP contribution in [0.25, 0.3) is 0 Å². The van der Waals surface area contributed by atoms with Crippen LogP contribution in [0.1, 0.15) is 46.6 Å². The van der Waals surface area contributed by atoms with Gasteiger partial charge in [0.05, 0.1) is 0 Å². The molecule has 0 radical (unpaired) electrons. The first-order valence-corrected chi connectivity index (χ1v) is 4.57. The maximum atomic E-state index is 2.29. The standard InChI is InChI=1S/C12H18.CH4/c1-10(12(2,3)4)11-8-6-5-7-9-11;/h5-10H,1-4H3;1H4/t10-;/m0./s1. The molecule has 0 aliphatic heterocycles. The van der Waals surface area contributed by atoms with E-state index in [2.05, 4.69) is 58.0 Å². The lowest BCUT2D eigenvalue weighted by Crippen LogP contribution is -2.14. The Morgan fingerprint density at radius 2 is 1.46 bits per heavy atom. The third-order valence-corrected chi connectivity index (χ3v) is 2.60. The Morgan fingerprint density at radius 1 is 1.00 bits per heavy atom. The molecule has 1 aromatic rings. The second-order valence-corrected chi connectivity index (χ2v) is 4.50. The molecule has 0 spiro atoms. The van der Waals surface area contributed by atoms with Crippen LogP contribution in [0.15, 0.2) is 30.3 Å². The minimum absolute atomic E-state index is 0. The topological polar surface area (TPSA) is 0 Å². The molecule has 0 heterocycles. The summed E-state index contributed by atoms with van der Waals surface area (Å²) in [4.78, 5) is 0. The summed E-state index contributed by atoms with van der Waals surface area (Å²) >= 11 is 0. The Morgan fingerprint density at radius 3 is 1.85 bits per heavy atom. The Kier molecular flexibility index (Phi) is 4.19. The van der Waals surface area contributed by atoms with Crippen molar-refractivity contribution in [3.05, 3.63) is 35.9 Å². The van der Waals surface area contributed by atoms with Crippen molar-refractivity contribution in [1.29, 1.82) is 0 Å². The zero-order chi connectivity index (χ0) is 9.19. The van der Waals surface area contributed by atoms with Crippen molar-refractivity contribution >= 4 is 0 Å². The molecule has 74 valence electrons. The second kappa shape index (κ2) is 4.45. The number of hydrogen-bond donors (Lipinski definition) is 0. The Bertz CT molecular complexity index is 228. The highest BCUT2D eigenvalue weighted by atomic mass is 14.3. The molecule has 13 heavy (non-hydrogen) atoms. The van der Waals surface area contributed by atoms with E-state index in [1.807, 2.05) is 0 Å². The molecule has 0 fully saturated rings. The molecule has 0 aliphatic rings. The van der Waals surface area contributed by atoms with Crippen LogP contribution in [-0.2, 0) is 0 Å². The molecule has 0 aromatic heterocycles. The van der Waals surface area contributed by atoms with E-state index in [0.29, 0.717) is 11.3 Å². The van der Waals surface area contributed by atoms with Crippen LogP contribution in [0.3, 0.4) is 0 Å². The van der Waals surface area contributed by atoms with Crippen LogP contribution in [0.4, 0.5) is 0 Å². The fraction of sp³-hybridized carbons (Fsp3) is 0.538. The molecule has 1 atom stereocenters. The van der Waals surface area contributed by atoms with E-state index < -0.39 is 0 Å². The van der Waals surface area contributed by atoms with Crippen molar-refractivity contribution in [1.82, 2.24) is 0 Å². The lowest BCUT2D eigenvalue weighted by molar-refractivity contribution is 0.339. The van der Waals surface area contributed by atoms with Gasteiger partial charge in [0.25, 0.3) is 0 Å². The van der Waals surface area contributed by atoms with Crippen LogP contribution in [0.5, 0.6) is 0 Å². The lowest BCUT2D eigenvalue weighted by atomic mass is 9.78. The van der Waals surface area contributed by atoms with Gasteiger partial charge >= 0.3 is 0 Å². The summed E-state index contributed by atoms with van der Waals surface area (Å²) in [5.41, 5.74) is 1.80. The van der Waals surface area contributed by atoms with Gasteiger partial charge in [-0.25, -0.2) is 0 Å². The van der Waals surface area contributed by atoms with E-state index >= 15 is 0 Å². The molecule has 0 bridgehead atoms. The normalized spacial score (nSPS) is 13.2. The Balaban J connectivity index is 0.00000144. The van der Waals surface area contributed by atoms with E-state index in [1.54, 1.807) is 0 Å². The number of hydrogen-bond acceptors (Lipinski definition) is 0. The van der Waals surface area contributed by atoms with Crippen molar-refractivity contribution in [2.45, 2.75) is 41.0 Å². The highest BCUT2D eigenvalue weighted by Gasteiger charge is 2.20. The van der Waals surface area contributed by atoms with Crippen LogP contribution >= 0.6 is 0 Å². The number of rotatable bonds is 1.